The Morgan fingerprint density at radius 2 is 2.00 bits per heavy atom. The lowest BCUT2D eigenvalue weighted by atomic mass is 10.0. The van der Waals surface area contributed by atoms with Crippen molar-refractivity contribution in [2.45, 2.75) is 17.8 Å². The van der Waals surface area contributed by atoms with Crippen LogP contribution in [0.4, 0.5) is 0 Å². The summed E-state index contributed by atoms with van der Waals surface area (Å²) in [6.07, 6.45) is 3.39. The molecule has 2 amide bonds. The number of hydrogen-bond donors (Lipinski definition) is 2. The second-order valence-electron chi connectivity index (χ2n) is 6.75. The molecule has 0 radical (unpaired) electrons. The van der Waals surface area contributed by atoms with Gasteiger partial charge in [0.05, 0.1) is 11.3 Å². The predicted octanol–water partition coefficient (Wildman–Crippen LogP) is 3.44. The van der Waals surface area contributed by atoms with E-state index in [0.29, 0.717) is 16.2 Å². The van der Waals surface area contributed by atoms with Crippen molar-refractivity contribution in [1.82, 2.24) is 15.2 Å². The number of fused-ring (bicyclic) bond motifs is 1. The van der Waals surface area contributed by atoms with Crippen molar-refractivity contribution in [3.8, 4) is 0 Å². The van der Waals surface area contributed by atoms with Crippen LogP contribution in [-0.2, 0) is 20.8 Å². The van der Waals surface area contributed by atoms with Crippen LogP contribution < -0.4 is 5.32 Å². The Labute approximate surface area is 195 Å². The maximum Gasteiger partial charge on any atom is 0.352 e. The van der Waals surface area contributed by atoms with Crippen molar-refractivity contribution in [2.24, 2.45) is 0 Å². The highest BCUT2D eigenvalue weighted by molar-refractivity contribution is 8.00. The minimum absolute atomic E-state index is 0.0923. The van der Waals surface area contributed by atoms with Gasteiger partial charge < -0.3 is 10.4 Å². The third-order valence-corrected chi connectivity index (χ3v) is 7.57. The molecule has 2 aliphatic rings. The van der Waals surface area contributed by atoms with E-state index in [2.05, 4.69) is 10.3 Å². The molecular formula is C20H15Cl2N3O4S2. The highest BCUT2D eigenvalue weighted by Gasteiger charge is 2.53. The van der Waals surface area contributed by atoms with Crippen LogP contribution in [0.1, 0.15) is 10.4 Å². The number of benzene rings is 1. The molecule has 0 aliphatic carbocycles. The summed E-state index contributed by atoms with van der Waals surface area (Å²) >= 11 is 14.4. The Hall–Kier alpha value is -2.33. The molecule has 1 aromatic heterocycles. The molecule has 160 valence electrons. The van der Waals surface area contributed by atoms with E-state index in [4.69, 9.17) is 23.2 Å². The van der Waals surface area contributed by atoms with Crippen LogP contribution in [0.5, 0.6) is 0 Å². The molecule has 2 aliphatic heterocycles. The van der Waals surface area contributed by atoms with Gasteiger partial charge in [0.25, 0.3) is 5.91 Å². The lowest BCUT2D eigenvalue weighted by molar-refractivity contribution is -0.150. The standard InChI is InChI=1S/C20H15Cl2N3O4S2/c21-16-12(31-20(22)24-16)7-6-11-9-30-18-14(17(27)25(18)15(11)19(28)29)23-13(26)8-10-4-2-1-3-5-10/h1-7,14,18H,8-9H2,(H,23,26)(H,28,29)/t14?,18-/m0/s1. The summed E-state index contributed by atoms with van der Waals surface area (Å²) in [6, 6.07) is 8.43. The predicted molar refractivity (Wildman–Crippen MR) is 121 cm³/mol. The first kappa shape index (κ1) is 21.9. The fourth-order valence-electron chi connectivity index (χ4n) is 3.34. The average Bonchev–Trinajstić information content (AvgIpc) is 3.07. The zero-order chi connectivity index (χ0) is 22.1. The van der Waals surface area contributed by atoms with Gasteiger partial charge in [0, 0.05) is 5.75 Å². The molecule has 1 saturated heterocycles. The second-order valence-corrected chi connectivity index (χ2v) is 9.83. The topological polar surface area (TPSA) is 99.6 Å². The highest BCUT2D eigenvalue weighted by Crippen LogP contribution is 2.41. The first-order chi connectivity index (χ1) is 14.8. The van der Waals surface area contributed by atoms with Crippen LogP contribution in [0, 0.1) is 0 Å². The van der Waals surface area contributed by atoms with Gasteiger partial charge >= 0.3 is 5.97 Å². The maximum atomic E-state index is 12.7. The monoisotopic (exact) mass is 495 g/mol. The molecule has 1 aromatic carbocycles. The fraction of sp³-hybridized carbons (Fsp3) is 0.200. The molecule has 1 unspecified atom stereocenters. The van der Waals surface area contributed by atoms with E-state index >= 15 is 0 Å². The number of aliphatic carboxylic acids is 1. The van der Waals surface area contributed by atoms with Crippen molar-refractivity contribution in [2.75, 3.05) is 5.75 Å². The Kier molecular flexibility index (Phi) is 6.38. The van der Waals surface area contributed by atoms with Crippen LogP contribution in [0.2, 0.25) is 9.62 Å². The smallest absolute Gasteiger partial charge is 0.352 e. The quantitative estimate of drug-likeness (QED) is 0.595. The summed E-state index contributed by atoms with van der Waals surface area (Å²) in [5.74, 6) is -1.57. The molecule has 2 aromatic rings. The number of carbonyl (C=O) groups excluding carboxylic acids is 2. The number of nitrogens with zero attached hydrogens (tertiary/aromatic N) is 2. The number of allylic oxidation sites excluding steroid dienone is 1. The van der Waals surface area contributed by atoms with Gasteiger partial charge in [0.1, 0.15) is 22.3 Å². The van der Waals surface area contributed by atoms with Gasteiger partial charge in [-0.2, -0.15) is 0 Å². The number of carbonyl (C=O) groups is 3. The number of carboxylic acid groups (broad SMARTS) is 1. The number of aromatic nitrogens is 1. The van der Waals surface area contributed by atoms with Crippen molar-refractivity contribution in [1.29, 1.82) is 0 Å². The SMILES string of the molecule is O=C(Cc1ccccc1)NC1C(=O)N2C(C(=O)O)=C(C=Cc3sc(Cl)nc3Cl)CS[C@@H]12. The van der Waals surface area contributed by atoms with Crippen molar-refractivity contribution in [3.05, 3.63) is 67.7 Å². The van der Waals surface area contributed by atoms with Gasteiger partial charge in [-0.3, -0.25) is 14.5 Å². The van der Waals surface area contributed by atoms with Gasteiger partial charge in [-0.05, 0) is 17.2 Å². The van der Waals surface area contributed by atoms with E-state index in [0.717, 1.165) is 5.56 Å². The summed E-state index contributed by atoms with van der Waals surface area (Å²) in [4.78, 5) is 42.7. The highest BCUT2D eigenvalue weighted by atomic mass is 35.5. The zero-order valence-electron chi connectivity index (χ0n) is 15.7. The van der Waals surface area contributed by atoms with Gasteiger partial charge in [-0.25, -0.2) is 9.78 Å². The molecule has 1 fully saturated rings. The van der Waals surface area contributed by atoms with Crippen molar-refractivity contribution < 1.29 is 19.5 Å². The molecule has 3 heterocycles. The molecule has 0 spiro atoms. The van der Waals surface area contributed by atoms with E-state index < -0.39 is 23.3 Å². The van der Waals surface area contributed by atoms with Crippen LogP contribution in [-0.4, -0.2) is 49.9 Å². The van der Waals surface area contributed by atoms with Crippen LogP contribution in [0.3, 0.4) is 0 Å². The number of carboxylic acids is 1. The summed E-state index contributed by atoms with van der Waals surface area (Å²) in [5.41, 5.74) is 1.21. The van der Waals surface area contributed by atoms with Gasteiger partial charge in [-0.15, -0.1) is 23.1 Å². The molecule has 11 heteroatoms. The van der Waals surface area contributed by atoms with E-state index in [1.54, 1.807) is 12.2 Å². The van der Waals surface area contributed by atoms with Crippen molar-refractivity contribution in [3.63, 3.8) is 0 Å². The Morgan fingerprint density at radius 1 is 1.26 bits per heavy atom. The number of rotatable bonds is 6. The van der Waals surface area contributed by atoms with Crippen LogP contribution in [0.25, 0.3) is 6.08 Å². The first-order valence-electron chi connectivity index (χ1n) is 9.09. The van der Waals surface area contributed by atoms with Crippen LogP contribution in [0.15, 0.2) is 47.7 Å². The number of nitrogens with one attached hydrogen (secondary N) is 1. The molecule has 2 N–H and O–H groups in total. The molecule has 0 bridgehead atoms. The van der Waals surface area contributed by atoms with E-state index in [-0.39, 0.29) is 27.6 Å². The molecular weight excluding hydrogens is 481 g/mol. The normalized spacial score (nSPS) is 20.6. The number of thiazole rings is 1. The number of thioether (sulfide) groups is 1. The summed E-state index contributed by atoms with van der Waals surface area (Å²) in [5, 5.41) is 12.2. The third-order valence-electron chi connectivity index (χ3n) is 4.74. The number of halogens is 2. The lowest BCUT2D eigenvalue weighted by Crippen LogP contribution is -2.70. The third kappa shape index (κ3) is 4.50. The fourth-order valence-corrected chi connectivity index (χ4v) is 5.94. The molecule has 7 nitrogen and oxygen atoms in total. The minimum Gasteiger partial charge on any atom is -0.477 e. The summed E-state index contributed by atoms with van der Waals surface area (Å²) < 4.78 is 0.280. The Bertz CT molecular complexity index is 1120. The van der Waals surface area contributed by atoms with Crippen LogP contribution >= 0.6 is 46.3 Å². The second kappa shape index (κ2) is 9.04. The number of β-lactam (4-membered cyclic amide) rings is 1. The molecule has 31 heavy (non-hydrogen) atoms. The summed E-state index contributed by atoms with van der Waals surface area (Å²) in [7, 11) is 0. The van der Waals surface area contributed by atoms with E-state index in [1.165, 1.54) is 28.0 Å². The number of amides is 2. The van der Waals surface area contributed by atoms with Gasteiger partial charge in [0.2, 0.25) is 5.91 Å². The summed E-state index contributed by atoms with van der Waals surface area (Å²) in [6.45, 7) is 0. The number of hydrogen-bond acceptors (Lipinski definition) is 6. The average molecular weight is 496 g/mol. The molecule has 2 atom stereocenters. The largest absolute Gasteiger partial charge is 0.477 e. The minimum atomic E-state index is -1.21. The maximum absolute atomic E-state index is 12.7. The van der Waals surface area contributed by atoms with Gasteiger partial charge in [-0.1, -0.05) is 59.6 Å². The molecule has 0 saturated carbocycles. The van der Waals surface area contributed by atoms with Gasteiger partial charge in [0.15, 0.2) is 4.47 Å². The molecule has 4 rings (SSSR count). The van der Waals surface area contributed by atoms with E-state index in [9.17, 15) is 19.5 Å². The zero-order valence-corrected chi connectivity index (χ0v) is 18.9. The Morgan fingerprint density at radius 3 is 2.65 bits per heavy atom. The Balaban J connectivity index is 1.49. The van der Waals surface area contributed by atoms with E-state index in [1.807, 2.05) is 30.3 Å². The lowest BCUT2D eigenvalue weighted by Gasteiger charge is -2.49. The first-order valence-corrected chi connectivity index (χ1v) is 11.7. The van der Waals surface area contributed by atoms with Crippen molar-refractivity contribution >= 4 is 70.2 Å².